The SMILES string of the molecule is Cc1c/c(=N\C(=O)c2cccc(C(F)(F)F)c2F)n(C2CCS(=O)(=O)C2)n1C. The molecule has 1 aliphatic rings. The molecule has 1 saturated heterocycles. The van der Waals surface area contributed by atoms with Gasteiger partial charge in [0.25, 0.3) is 5.91 Å². The molecule has 1 atom stereocenters. The van der Waals surface area contributed by atoms with Gasteiger partial charge in [0.1, 0.15) is 5.82 Å². The number of hydrogen-bond donors (Lipinski definition) is 0. The first kappa shape index (κ1) is 20.3. The van der Waals surface area contributed by atoms with Gasteiger partial charge in [-0.3, -0.25) is 14.2 Å². The molecular formula is C17H17F4N3O3S. The summed E-state index contributed by atoms with van der Waals surface area (Å²) in [6, 6.07) is 3.43. The van der Waals surface area contributed by atoms with E-state index in [2.05, 4.69) is 4.99 Å². The van der Waals surface area contributed by atoms with E-state index in [1.807, 2.05) is 0 Å². The first-order valence-corrected chi connectivity index (χ1v) is 10.1. The molecule has 0 bridgehead atoms. The summed E-state index contributed by atoms with van der Waals surface area (Å²) in [6.45, 7) is 1.70. The highest BCUT2D eigenvalue weighted by molar-refractivity contribution is 7.91. The quantitative estimate of drug-likeness (QED) is 0.702. The van der Waals surface area contributed by atoms with E-state index in [0.29, 0.717) is 18.2 Å². The van der Waals surface area contributed by atoms with Gasteiger partial charge in [-0.05, 0) is 25.5 Å². The van der Waals surface area contributed by atoms with E-state index in [4.69, 9.17) is 0 Å². The van der Waals surface area contributed by atoms with Crippen molar-refractivity contribution in [1.29, 1.82) is 0 Å². The summed E-state index contributed by atoms with van der Waals surface area (Å²) >= 11 is 0. The second kappa shape index (κ2) is 6.87. The highest BCUT2D eigenvalue weighted by Gasteiger charge is 2.36. The zero-order valence-corrected chi connectivity index (χ0v) is 15.8. The second-order valence-corrected chi connectivity index (χ2v) is 8.88. The highest BCUT2D eigenvalue weighted by Crippen LogP contribution is 2.32. The number of hydrogen-bond acceptors (Lipinski definition) is 3. The van der Waals surface area contributed by atoms with Crippen LogP contribution >= 0.6 is 0 Å². The predicted molar refractivity (Wildman–Crippen MR) is 91.7 cm³/mol. The number of benzene rings is 1. The molecule has 0 N–H and O–H groups in total. The standard InChI is InChI=1S/C17H17F4N3O3S/c1-10-8-14(24(23(10)2)11-6-7-28(26,27)9-11)22-16(25)12-4-3-5-13(15(12)18)17(19,20)21/h3-5,8,11H,6-7,9H2,1-2H3/b22-14+. The lowest BCUT2D eigenvalue weighted by atomic mass is 10.1. The van der Waals surface area contributed by atoms with Crippen molar-refractivity contribution in [2.45, 2.75) is 25.6 Å². The third-order valence-electron chi connectivity index (χ3n) is 4.71. The van der Waals surface area contributed by atoms with Gasteiger partial charge in [0.2, 0.25) is 0 Å². The van der Waals surface area contributed by atoms with Crippen LogP contribution in [0, 0.1) is 12.7 Å². The Labute approximate surface area is 158 Å². The molecule has 1 aliphatic heterocycles. The summed E-state index contributed by atoms with van der Waals surface area (Å²) in [5, 5.41) is 0. The fraction of sp³-hybridized carbons (Fsp3) is 0.412. The minimum atomic E-state index is -4.94. The molecule has 1 aromatic carbocycles. The molecule has 0 saturated carbocycles. The minimum Gasteiger partial charge on any atom is -0.291 e. The fourth-order valence-corrected chi connectivity index (χ4v) is 4.93. The van der Waals surface area contributed by atoms with Gasteiger partial charge in [0.15, 0.2) is 15.3 Å². The van der Waals surface area contributed by atoms with Gasteiger partial charge >= 0.3 is 6.18 Å². The Bertz CT molecular complexity index is 1110. The van der Waals surface area contributed by atoms with Crippen LogP contribution in [-0.4, -0.2) is 35.2 Å². The van der Waals surface area contributed by atoms with Crippen molar-refractivity contribution >= 4 is 15.7 Å². The normalized spacial score (nSPS) is 19.9. The Balaban J connectivity index is 2.09. The maximum Gasteiger partial charge on any atom is 0.419 e. The van der Waals surface area contributed by atoms with E-state index in [9.17, 15) is 30.8 Å². The molecule has 152 valence electrons. The minimum absolute atomic E-state index is 0.00939. The third kappa shape index (κ3) is 3.75. The summed E-state index contributed by atoms with van der Waals surface area (Å²) in [7, 11) is -1.58. The first-order valence-electron chi connectivity index (χ1n) is 8.31. The van der Waals surface area contributed by atoms with Crippen molar-refractivity contribution in [3.05, 3.63) is 52.4 Å². The molecule has 1 fully saturated rings. The van der Waals surface area contributed by atoms with Gasteiger partial charge in [0.05, 0.1) is 28.7 Å². The number of carbonyl (C=O) groups is 1. The van der Waals surface area contributed by atoms with Crippen molar-refractivity contribution in [3.8, 4) is 0 Å². The van der Waals surface area contributed by atoms with E-state index < -0.39 is 44.9 Å². The van der Waals surface area contributed by atoms with Crippen LogP contribution in [0.25, 0.3) is 0 Å². The van der Waals surface area contributed by atoms with Crippen LogP contribution in [-0.2, 0) is 23.1 Å². The fourth-order valence-electron chi connectivity index (χ4n) is 3.23. The Morgan fingerprint density at radius 3 is 2.54 bits per heavy atom. The predicted octanol–water partition coefficient (Wildman–Crippen LogP) is 2.39. The molecule has 28 heavy (non-hydrogen) atoms. The molecule has 11 heteroatoms. The van der Waals surface area contributed by atoms with Crippen molar-refractivity contribution < 1.29 is 30.8 Å². The topological polar surface area (TPSA) is 73.4 Å². The molecule has 0 aliphatic carbocycles. The van der Waals surface area contributed by atoms with Crippen LogP contribution in [0.1, 0.15) is 34.1 Å². The van der Waals surface area contributed by atoms with E-state index in [-0.39, 0.29) is 17.0 Å². The van der Waals surface area contributed by atoms with Crippen LogP contribution in [0.15, 0.2) is 29.3 Å². The van der Waals surface area contributed by atoms with E-state index in [0.717, 1.165) is 12.1 Å². The highest BCUT2D eigenvalue weighted by atomic mass is 32.2. The number of carbonyl (C=O) groups excluding carboxylic acids is 1. The number of sulfone groups is 1. The van der Waals surface area contributed by atoms with Crippen LogP contribution in [0.4, 0.5) is 17.6 Å². The lowest BCUT2D eigenvalue weighted by Gasteiger charge is -2.15. The molecular weight excluding hydrogens is 402 g/mol. The van der Waals surface area contributed by atoms with Gasteiger partial charge in [0, 0.05) is 18.8 Å². The van der Waals surface area contributed by atoms with Gasteiger partial charge < -0.3 is 0 Å². The average Bonchev–Trinajstić information content (AvgIpc) is 3.05. The molecule has 3 rings (SSSR count). The Hall–Kier alpha value is -2.43. The summed E-state index contributed by atoms with van der Waals surface area (Å²) < 4.78 is 79.5. The molecule has 6 nitrogen and oxygen atoms in total. The monoisotopic (exact) mass is 419 g/mol. The first-order chi connectivity index (χ1) is 12.9. The maximum atomic E-state index is 14.2. The molecule has 1 amide bonds. The number of alkyl halides is 3. The summed E-state index contributed by atoms with van der Waals surface area (Å²) in [6.07, 6.45) is -4.62. The molecule has 1 aromatic heterocycles. The summed E-state index contributed by atoms with van der Waals surface area (Å²) in [4.78, 5) is 16.2. The van der Waals surface area contributed by atoms with E-state index in [1.54, 1.807) is 18.7 Å². The number of aryl methyl sites for hydroxylation is 1. The van der Waals surface area contributed by atoms with Gasteiger partial charge in [-0.1, -0.05) is 6.07 Å². The van der Waals surface area contributed by atoms with Crippen molar-refractivity contribution in [1.82, 2.24) is 9.36 Å². The van der Waals surface area contributed by atoms with Crippen molar-refractivity contribution in [2.75, 3.05) is 11.5 Å². The number of nitrogens with zero attached hydrogens (tertiary/aromatic N) is 3. The zero-order chi connectivity index (χ0) is 20.9. The second-order valence-electron chi connectivity index (χ2n) is 6.65. The van der Waals surface area contributed by atoms with E-state index >= 15 is 0 Å². The molecule has 2 aromatic rings. The van der Waals surface area contributed by atoms with Crippen LogP contribution in [0.5, 0.6) is 0 Å². The smallest absolute Gasteiger partial charge is 0.291 e. The lowest BCUT2D eigenvalue weighted by molar-refractivity contribution is -0.140. The van der Waals surface area contributed by atoms with Gasteiger partial charge in [-0.25, -0.2) is 12.8 Å². The lowest BCUT2D eigenvalue weighted by Crippen LogP contribution is -2.29. The largest absolute Gasteiger partial charge is 0.419 e. The Morgan fingerprint density at radius 2 is 1.96 bits per heavy atom. The van der Waals surface area contributed by atoms with Crippen LogP contribution in [0.3, 0.4) is 0 Å². The Morgan fingerprint density at radius 1 is 1.29 bits per heavy atom. The summed E-state index contributed by atoms with van der Waals surface area (Å²) in [5.41, 5.74) is -1.64. The van der Waals surface area contributed by atoms with Crippen molar-refractivity contribution in [2.24, 2.45) is 12.0 Å². The Kier molecular flexibility index (Phi) is 4.98. The van der Waals surface area contributed by atoms with Crippen molar-refractivity contribution in [3.63, 3.8) is 0 Å². The zero-order valence-electron chi connectivity index (χ0n) is 15.0. The van der Waals surface area contributed by atoms with Crippen LogP contribution < -0.4 is 5.49 Å². The summed E-state index contributed by atoms with van der Waals surface area (Å²) in [5.74, 6) is -3.01. The molecule has 0 radical (unpaired) electrons. The average molecular weight is 419 g/mol. The molecule has 2 heterocycles. The number of aromatic nitrogens is 2. The van der Waals surface area contributed by atoms with Gasteiger partial charge in [-0.15, -0.1) is 0 Å². The maximum absolute atomic E-state index is 14.2. The number of amides is 1. The van der Waals surface area contributed by atoms with E-state index in [1.165, 1.54) is 10.7 Å². The molecule has 1 unspecified atom stereocenters. The third-order valence-corrected chi connectivity index (χ3v) is 6.46. The van der Waals surface area contributed by atoms with Gasteiger partial charge in [-0.2, -0.15) is 18.2 Å². The molecule has 0 spiro atoms. The number of rotatable bonds is 2. The van der Waals surface area contributed by atoms with Crippen LogP contribution in [0.2, 0.25) is 0 Å². The number of halogens is 4.